The summed E-state index contributed by atoms with van der Waals surface area (Å²) in [7, 11) is 0. The van der Waals surface area contributed by atoms with Crippen molar-refractivity contribution in [1.82, 2.24) is 10.2 Å². The molecule has 1 saturated carbocycles. The molecular weight excluding hydrogens is 264 g/mol. The lowest BCUT2D eigenvalue weighted by Gasteiger charge is -2.16. The van der Waals surface area contributed by atoms with Gasteiger partial charge in [0, 0.05) is 29.3 Å². The molecule has 2 unspecified atom stereocenters. The van der Waals surface area contributed by atoms with Crippen LogP contribution in [0.2, 0.25) is 0 Å². The maximum atomic E-state index is 3.74. The van der Waals surface area contributed by atoms with Crippen molar-refractivity contribution in [2.24, 2.45) is 5.92 Å². The fraction of sp³-hybridized carbons (Fsp3) is 0.647. The van der Waals surface area contributed by atoms with Gasteiger partial charge in [0.15, 0.2) is 0 Å². The van der Waals surface area contributed by atoms with Crippen LogP contribution in [0.3, 0.4) is 0 Å². The van der Waals surface area contributed by atoms with Gasteiger partial charge in [-0.25, -0.2) is 0 Å². The number of rotatable bonds is 5. The van der Waals surface area contributed by atoms with Gasteiger partial charge in [-0.15, -0.1) is 11.8 Å². The molecule has 2 fully saturated rings. The van der Waals surface area contributed by atoms with Crippen molar-refractivity contribution in [3.05, 3.63) is 29.8 Å². The van der Waals surface area contributed by atoms with Gasteiger partial charge < -0.3 is 10.2 Å². The molecule has 108 valence electrons. The van der Waals surface area contributed by atoms with Gasteiger partial charge in [0.05, 0.1) is 0 Å². The monoisotopic (exact) mass is 288 g/mol. The third-order valence-corrected chi connectivity index (χ3v) is 6.22. The van der Waals surface area contributed by atoms with Crippen molar-refractivity contribution in [2.45, 2.75) is 41.9 Å². The highest BCUT2D eigenvalue weighted by Gasteiger charge is 2.34. The molecule has 0 spiro atoms. The van der Waals surface area contributed by atoms with Crippen LogP contribution in [0, 0.1) is 5.92 Å². The summed E-state index contributed by atoms with van der Waals surface area (Å²) in [5, 5.41) is 4.48. The first kappa shape index (κ1) is 13.2. The van der Waals surface area contributed by atoms with Crippen molar-refractivity contribution in [1.29, 1.82) is 0 Å². The standard InChI is InChI=1S/C17H24N2S/c1-2-4-17-14(3-1)9-16(20-17)11-18-10-13-7-8-19(12-13)15-5-6-15/h1-4,13,15-16,18H,5-12H2. The smallest absolute Gasteiger partial charge is 0.0260 e. The number of thioether (sulfide) groups is 1. The summed E-state index contributed by atoms with van der Waals surface area (Å²) in [6.45, 7) is 5.08. The molecule has 1 aliphatic carbocycles. The van der Waals surface area contributed by atoms with E-state index in [1.807, 2.05) is 0 Å². The maximum Gasteiger partial charge on any atom is 0.0260 e. The zero-order chi connectivity index (χ0) is 13.4. The Hall–Kier alpha value is -0.510. The van der Waals surface area contributed by atoms with Gasteiger partial charge in [-0.1, -0.05) is 18.2 Å². The molecule has 3 aliphatic rings. The van der Waals surface area contributed by atoms with E-state index in [1.165, 1.54) is 56.8 Å². The Bertz CT molecular complexity index is 447. The van der Waals surface area contributed by atoms with Gasteiger partial charge in [-0.05, 0) is 56.3 Å². The van der Waals surface area contributed by atoms with Crippen LogP contribution in [0.5, 0.6) is 0 Å². The van der Waals surface area contributed by atoms with Gasteiger partial charge in [0.25, 0.3) is 0 Å². The van der Waals surface area contributed by atoms with Crippen molar-refractivity contribution in [3.8, 4) is 0 Å². The van der Waals surface area contributed by atoms with Gasteiger partial charge in [0.2, 0.25) is 0 Å². The van der Waals surface area contributed by atoms with Crippen LogP contribution in [0.1, 0.15) is 24.8 Å². The number of likely N-dealkylation sites (tertiary alicyclic amines) is 1. The highest BCUT2D eigenvalue weighted by Crippen LogP contribution is 2.36. The van der Waals surface area contributed by atoms with Crippen LogP contribution >= 0.6 is 11.8 Å². The lowest BCUT2D eigenvalue weighted by atomic mass is 10.1. The van der Waals surface area contributed by atoms with E-state index in [9.17, 15) is 0 Å². The first-order valence-electron chi connectivity index (χ1n) is 8.08. The molecular formula is C17H24N2S. The van der Waals surface area contributed by atoms with Gasteiger partial charge in [-0.2, -0.15) is 0 Å². The summed E-state index contributed by atoms with van der Waals surface area (Å²) in [6, 6.07) is 9.84. The Kier molecular flexibility index (Phi) is 3.76. The van der Waals surface area contributed by atoms with E-state index in [2.05, 4.69) is 46.2 Å². The molecule has 1 N–H and O–H groups in total. The summed E-state index contributed by atoms with van der Waals surface area (Å²) >= 11 is 2.06. The third-order valence-electron chi connectivity index (χ3n) is 4.90. The summed E-state index contributed by atoms with van der Waals surface area (Å²) in [5.41, 5.74) is 1.55. The summed E-state index contributed by atoms with van der Waals surface area (Å²) in [6.07, 6.45) is 5.56. The highest BCUT2D eigenvalue weighted by atomic mass is 32.2. The van der Waals surface area contributed by atoms with Crippen LogP contribution in [-0.2, 0) is 6.42 Å². The summed E-state index contributed by atoms with van der Waals surface area (Å²) in [5.74, 6) is 0.893. The van der Waals surface area contributed by atoms with E-state index in [1.54, 1.807) is 5.56 Å². The fourth-order valence-corrected chi connectivity index (χ4v) is 4.90. The van der Waals surface area contributed by atoms with Crippen LogP contribution in [0.4, 0.5) is 0 Å². The van der Waals surface area contributed by atoms with Gasteiger partial charge in [-0.3, -0.25) is 0 Å². The number of hydrogen-bond acceptors (Lipinski definition) is 3. The molecule has 0 radical (unpaired) electrons. The predicted octanol–water partition coefficient (Wildman–Crippen LogP) is 2.78. The molecule has 2 atom stereocenters. The van der Waals surface area contributed by atoms with Crippen LogP contribution in [0.15, 0.2) is 29.2 Å². The molecule has 2 nitrogen and oxygen atoms in total. The normalized spacial score (nSPS) is 29.8. The van der Waals surface area contributed by atoms with E-state index in [-0.39, 0.29) is 0 Å². The minimum atomic E-state index is 0.744. The van der Waals surface area contributed by atoms with Crippen molar-refractivity contribution in [3.63, 3.8) is 0 Å². The van der Waals surface area contributed by atoms with E-state index in [4.69, 9.17) is 0 Å². The second-order valence-corrected chi connectivity index (χ2v) is 7.93. The number of nitrogens with one attached hydrogen (secondary N) is 1. The van der Waals surface area contributed by atoms with Gasteiger partial charge >= 0.3 is 0 Å². The minimum Gasteiger partial charge on any atom is -0.315 e. The quantitative estimate of drug-likeness (QED) is 0.897. The van der Waals surface area contributed by atoms with E-state index in [0.717, 1.165) is 17.2 Å². The Morgan fingerprint density at radius 3 is 2.90 bits per heavy atom. The lowest BCUT2D eigenvalue weighted by Crippen LogP contribution is -2.31. The van der Waals surface area contributed by atoms with E-state index < -0.39 is 0 Å². The average Bonchev–Trinajstić information content (AvgIpc) is 3.06. The molecule has 20 heavy (non-hydrogen) atoms. The second-order valence-electron chi connectivity index (χ2n) is 6.59. The predicted molar refractivity (Wildman–Crippen MR) is 85.4 cm³/mol. The zero-order valence-corrected chi connectivity index (χ0v) is 12.9. The Morgan fingerprint density at radius 2 is 2.05 bits per heavy atom. The first-order chi connectivity index (χ1) is 9.88. The molecule has 0 aromatic heterocycles. The maximum absolute atomic E-state index is 3.74. The number of hydrogen-bond donors (Lipinski definition) is 1. The van der Waals surface area contributed by atoms with Crippen molar-refractivity contribution < 1.29 is 0 Å². The molecule has 4 rings (SSSR count). The molecule has 2 heterocycles. The molecule has 1 aromatic carbocycles. The molecule has 0 bridgehead atoms. The fourth-order valence-electron chi connectivity index (χ4n) is 3.62. The van der Waals surface area contributed by atoms with Crippen LogP contribution in [-0.4, -0.2) is 42.4 Å². The van der Waals surface area contributed by atoms with Crippen LogP contribution < -0.4 is 5.32 Å². The molecule has 1 saturated heterocycles. The third kappa shape index (κ3) is 2.90. The van der Waals surface area contributed by atoms with E-state index >= 15 is 0 Å². The summed E-state index contributed by atoms with van der Waals surface area (Å²) in [4.78, 5) is 4.21. The van der Waals surface area contributed by atoms with Crippen molar-refractivity contribution in [2.75, 3.05) is 26.2 Å². The lowest BCUT2D eigenvalue weighted by molar-refractivity contribution is 0.312. The average molecular weight is 288 g/mol. The molecule has 2 aliphatic heterocycles. The Morgan fingerprint density at radius 1 is 1.15 bits per heavy atom. The Labute approximate surface area is 126 Å². The van der Waals surface area contributed by atoms with Gasteiger partial charge in [0.1, 0.15) is 0 Å². The number of fused-ring (bicyclic) bond motifs is 1. The first-order valence-corrected chi connectivity index (χ1v) is 8.96. The minimum absolute atomic E-state index is 0.744. The SMILES string of the molecule is c1ccc2c(c1)CC(CNCC1CCN(C3CC3)C1)S2. The molecule has 1 aromatic rings. The number of benzene rings is 1. The van der Waals surface area contributed by atoms with E-state index in [0.29, 0.717) is 0 Å². The highest BCUT2D eigenvalue weighted by molar-refractivity contribution is 8.00. The Balaban J connectivity index is 1.19. The second kappa shape index (κ2) is 5.70. The number of nitrogens with zero attached hydrogens (tertiary/aromatic N) is 1. The zero-order valence-electron chi connectivity index (χ0n) is 12.1. The topological polar surface area (TPSA) is 15.3 Å². The van der Waals surface area contributed by atoms with Crippen molar-refractivity contribution >= 4 is 11.8 Å². The summed E-state index contributed by atoms with van der Waals surface area (Å²) < 4.78 is 0. The van der Waals surface area contributed by atoms with Crippen LogP contribution in [0.25, 0.3) is 0 Å². The molecule has 0 amide bonds. The largest absolute Gasteiger partial charge is 0.315 e. The molecule has 3 heteroatoms.